The molecule has 3 rings (SSSR count). The van der Waals surface area contributed by atoms with Crippen LogP contribution in [0.1, 0.15) is 17.7 Å². The fourth-order valence-electron chi connectivity index (χ4n) is 3.23. The predicted molar refractivity (Wildman–Crippen MR) is 106 cm³/mol. The summed E-state index contributed by atoms with van der Waals surface area (Å²) in [5.41, 5.74) is 1.33. The van der Waals surface area contributed by atoms with Crippen LogP contribution in [0.2, 0.25) is 0 Å². The fourth-order valence-corrected chi connectivity index (χ4v) is 3.96. The van der Waals surface area contributed by atoms with Crippen LogP contribution in [0.15, 0.2) is 35.2 Å². The van der Waals surface area contributed by atoms with Gasteiger partial charge in [-0.15, -0.1) is 0 Å². The van der Waals surface area contributed by atoms with Crippen LogP contribution < -0.4 is 15.3 Å². The minimum Gasteiger partial charge on any atom is -0.314 e. The van der Waals surface area contributed by atoms with Crippen LogP contribution in [-0.4, -0.2) is 44.6 Å². The Bertz CT molecular complexity index is 1200. The van der Waals surface area contributed by atoms with Gasteiger partial charge in [0.15, 0.2) is 9.84 Å². The van der Waals surface area contributed by atoms with E-state index in [4.69, 9.17) is 0 Å². The van der Waals surface area contributed by atoms with Crippen LogP contribution in [0.5, 0.6) is 0 Å². The molecule has 1 aromatic carbocycles. The van der Waals surface area contributed by atoms with E-state index in [0.717, 1.165) is 34.4 Å². The van der Waals surface area contributed by atoms with Crippen molar-refractivity contribution in [3.63, 3.8) is 0 Å². The Kier molecular flexibility index (Phi) is 5.89. The predicted octanol–water partition coefficient (Wildman–Crippen LogP) is 2.22. The van der Waals surface area contributed by atoms with E-state index in [1.807, 2.05) is 0 Å². The third kappa shape index (κ3) is 4.66. The summed E-state index contributed by atoms with van der Waals surface area (Å²) in [5, 5.41) is 0.935. The van der Waals surface area contributed by atoms with E-state index in [-0.39, 0.29) is 23.6 Å². The Morgan fingerprint density at radius 3 is 2.47 bits per heavy atom. The Morgan fingerprint density at radius 1 is 1.25 bits per heavy atom. The monoisotopic (exact) mass is 474 g/mol. The van der Waals surface area contributed by atoms with Crippen molar-refractivity contribution in [1.82, 2.24) is 10.4 Å². The SMILES string of the molecule is Cc1cc(C(F)(F)F)cc(N2NC(=O)CC2C(=O)N(C)c2ccc(S(C)(=O)=O)c(F)c2)n1. The zero-order chi connectivity index (χ0) is 24.0. The van der Waals surface area contributed by atoms with Gasteiger partial charge in [-0.3, -0.25) is 20.0 Å². The van der Waals surface area contributed by atoms with Gasteiger partial charge >= 0.3 is 6.18 Å². The molecule has 1 unspecified atom stereocenters. The van der Waals surface area contributed by atoms with Gasteiger partial charge < -0.3 is 4.90 Å². The molecule has 0 bridgehead atoms. The summed E-state index contributed by atoms with van der Waals surface area (Å²) >= 11 is 0. The molecule has 0 spiro atoms. The number of hydrogen-bond acceptors (Lipinski definition) is 6. The van der Waals surface area contributed by atoms with Gasteiger partial charge in [0.25, 0.3) is 5.91 Å². The molecule has 0 saturated carbocycles. The molecule has 2 heterocycles. The summed E-state index contributed by atoms with van der Waals surface area (Å²) < 4.78 is 77.0. The lowest BCUT2D eigenvalue weighted by Crippen LogP contribution is -2.48. The number of rotatable bonds is 4. The first-order chi connectivity index (χ1) is 14.7. The molecule has 2 aromatic rings. The summed E-state index contributed by atoms with van der Waals surface area (Å²) in [6.45, 7) is 1.34. The van der Waals surface area contributed by atoms with E-state index in [0.29, 0.717) is 6.07 Å². The fraction of sp³-hybridized carbons (Fsp3) is 0.316. The van der Waals surface area contributed by atoms with Gasteiger partial charge in [-0.2, -0.15) is 13.2 Å². The molecule has 2 amide bonds. The first-order valence-electron chi connectivity index (χ1n) is 9.10. The second-order valence-corrected chi connectivity index (χ2v) is 9.25. The number of nitrogens with one attached hydrogen (secondary N) is 1. The largest absolute Gasteiger partial charge is 0.416 e. The summed E-state index contributed by atoms with van der Waals surface area (Å²) in [7, 11) is -2.56. The Hall–Kier alpha value is -3.22. The number of pyridine rings is 1. The maximum atomic E-state index is 14.2. The number of carbonyl (C=O) groups is 2. The van der Waals surface area contributed by atoms with Crippen molar-refractivity contribution in [2.45, 2.75) is 30.5 Å². The van der Waals surface area contributed by atoms with E-state index < -0.39 is 50.1 Å². The van der Waals surface area contributed by atoms with Crippen molar-refractivity contribution < 1.29 is 35.6 Å². The van der Waals surface area contributed by atoms with Crippen LogP contribution in [0.25, 0.3) is 0 Å². The standard InChI is InChI=1S/C19H18F4N4O4S/c1-10-6-11(19(21,22)23)7-16(24-10)27-14(9-17(28)25-27)18(29)26(2)12-4-5-15(13(20)8-12)32(3,30)31/h4-8,14H,9H2,1-3H3,(H,25,28). The average Bonchev–Trinajstić information content (AvgIpc) is 3.06. The quantitative estimate of drug-likeness (QED) is 0.683. The van der Waals surface area contributed by atoms with E-state index in [1.165, 1.54) is 20.0 Å². The highest BCUT2D eigenvalue weighted by Crippen LogP contribution is 2.33. The molecule has 32 heavy (non-hydrogen) atoms. The molecular formula is C19H18F4N4O4S. The molecule has 0 radical (unpaired) electrons. The van der Waals surface area contributed by atoms with Gasteiger partial charge in [0.05, 0.1) is 12.0 Å². The molecule has 1 aliphatic heterocycles. The summed E-state index contributed by atoms with van der Waals surface area (Å²) in [4.78, 5) is 29.4. The van der Waals surface area contributed by atoms with Crippen molar-refractivity contribution in [1.29, 1.82) is 0 Å². The molecule has 8 nitrogen and oxygen atoms in total. The number of alkyl halides is 3. The minimum atomic E-state index is -4.67. The number of aryl methyl sites for hydroxylation is 1. The van der Waals surface area contributed by atoms with Crippen LogP contribution in [-0.2, 0) is 25.6 Å². The van der Waals surface area contributed by atoms with Crippen molar-refractivity contribution in [2.75, 3.05) is 23.2 Å². The Balaban J connectivity index is 1.95. The van der Waals surface area contributed by atoms with Crippen molar-refractivity contribution in [2.24, 2.45) is 0 Å². The van der Waals surface area contributed by atoms with Crippen molar-refractivity contribution in [3.05, 3.63) is 47.4 Å². The number of aromatic nitrogens is 1. The molecule has 0 aliphatic carbocycles. The lowest BCUT2D eigenvalue weighted by Gasteiger charge is -2.28. The van der Waals surface area contributed by atoms with Gasteiger partial charge in [0.2, 0.25) is 5.91 Å². The Morgan fingerprint density at radius 2 is 1.91 bits per heavy atom. The van der Waals surface area contributed by atoms with Gasteiger partial charge in [-0.1, -0.05) is 0 Å². The number of anilines is 2. The molecule has 1 atom stereocenters. The second-order valence-electron chi connectivity index (χ2n) is 7.26. The highest BCUT2D eigenvalue weighted by molar-refractivity contribution is 7.90. The molecule has 1 saturated heterocycles. The Labute approximate surface area is 180 Å². The van der Waals surface area contributed by atoms with Crippen molar-refractivity contribution >= 4 is 33.2 Å². The molecule has 13 heteroatoms. The number of carbonyl (C=O) groups excluding carboxylic acids is 2. The first kappa shape index (κ1) is 23.4. The normalized spacial score (nSPS) is 16.8. The smallest absolute Gasteiger partial charge is 0.314 e. The molecule has 1 aromatic heterocycles. The van der Waals surface area contributed by atoms with Crippen LogP contribution in [0, 0.1) is 12.7 Å². The summed E-state index contributed by atoms with van der Waals surface area (Å²) in [5.74, 6) is -2.72. The zero-order valence-corrected chi connectivity index (χ0v) is 17.9. The maximum Gasteiger partial charge on any atom is 0.416 e. The highest BCUT2D eigenvalue weighted by Gasteiger charge is 2.40. The third-order valence-electron chi connectivity index (χ3n) is 4.77. The average molecular weight is 474 g/mol. The second kappa shape index (κ2) is 8.04. The number of hydrogen-bond donors (Lipinski definition) is 1. The highest BCUT2D eigenvalue weighted by atomic mass is 32.2. The third-order valence-corrected chi connectivity index (χ3v) is 5.90. The number of amides is 2. The van der Waals surface area contributed by atoms with Gasteiger partial charge in [0.1, 0.15) is 22.6 Å². The number of likely N-dealkylation sites (N-methyl/N-ethyl adjacent to an activating group) is 1. The topological polar surface area (TPSA) is 99.7 Å². The van der Waals surface area contributed by atoms with E-state index >= 15 is 0 Å². The van der Waals surface area contributed by atoms with Gasteiger partial charge in [0, 0.05) is 24.7 Å². The molecule has 1 fully saturated rings. The minimum absolute atomic E-state index is 0.00705. The molecule has 172 valence electrons. The van der Waals surface area contributed by atoms with Crippen molar-refractivity contribution in [3.8, 4) is 0 Å². The summed E-state index contributed by atoms with van der Waals surface area (Å²) in [6, 6.07) is 3.32. The number of sulfone groups is 1. The number of nitrogens with zero attached hydrogens (tertiary/aromatic N) is 3. The maximum absolute atomic E-state index is 14.2. The van der Waals surface area contributed by atoms with Crippen LogP contribution >= 0.6 is 0 Å². The van der Waals surface area contributed by atoms with Gasteiger partial charge in [-0.25, -0.2) is 17.8 Å². The lowest BCUT2D eigenvalue weighted by molar-refractivity contribution is -0.137. The van der Waals surface area contributed by atoms with Crippen LogP contribution in [0.3, 0.4) is 0 Å². The molecule has 1 N–H and O–H groups in total. The number of benzene rings is 1. The first-order valence-corrected chi connectivity index (χ1v) is 11.0. The summed E-state index contributed by atoms with van der Waals surface area (Å²) in [6.07, 6.45) is -4.21. The zero-order valence-electron chi connectivity index (χ0n) is 17.1. The van der Waals surface area contributed by atoms with E-state index in [9.17, 15) is 35.6 Å². The lowest BCUT2D eigenvalue weighted by atomic mass is 10.1. The number of halogens is 4. The van der Waals surface area contributed by atoms with Crippen LogP contribution in [0.4, 0.5) is 29.1 Å². The van der Waals surface area contributed by atoms with E-state index in [1.54, 1.807) is 0 Å². The molecular weight excluding hydrogens is 456 g/mol. The molecule has 1 aliphatic rings. The van der Waals surface area contributed by atoms with E-state index in [2.05, 4.69) is 10.4 Å². The van der Waals surface area contributed by atoms with Gasteiger partial charge in [-0.05, 0) is 37.3 Å². The number of hydrazine groups is 1.